The lowest BCUT2D eigenvalue weighted by Gasteiger charge is -2.07. The van der Waals surface area contributed by atoms with Crippen molar-refractivity contribution in [3.63, 3.8) is 0 Å². The average molecular weight is 398 g/mol. The van der Waals surface area contributed by atoms with Gasteiger partial charge in [0.1, 0.15) is 5.75 Å². The summed E-state index contributed by atoms with van der Waals surface area (Å²) >= 11 is 0.768. The predicted molar refractivity (Wildman–Crippen MR) is 106 cm³/mol. The van der Waals surface area contributed by atoms with Crippen molar-refractivity contribution in [3.8, 4) is 5.75 Å². The molecule has 1 aromatic carbocycles. The zero-order valence-corrected chi connectivity index (χ0v) is 16.2. The Kier molecular flexibility index (Phi) is 8.72. The van der Waals surface area contributed by atoms with Gasteiger partial charge in [-0.15, -0.1) is 11.5 Å². The van der Waals surface area contributed by atoms with Crippen molar-refractivity contribution < 1.29 is 17.9 Å². The molecule has 0 aliphatic heterocycles. The molecule has 26 heavy (non-hydrogen) atoms. The molecule has 0 saturated carbocycles. The molecule has 0 amide bonds. The van der Waals surface area contributed by atoms with E-state index in [-0.39, 0.29) is 18.9 Å². The van der Waals surface area contributed by atoms with Crippen molar-refractivity contribution in [1.29, 1.82) is 0 Å². The van der Waals surface area contributed by atoms with Crippen LogP contribution in [0.2, 0.25) is 0 Å². The summed E-state index contributed by atoms with van der Waals surface area (Å²) in [5.41, 5.74) is 3.47. The van der Waals surface area contributed by atoms with Crippen LogP contribution in [0.4, 0.5) is 0 Å². The van der Waals surface area contributed by atoms with Crippen molar-refractivity contribution in [2.45, 2.75) is 13.1 Å². The van der Waals surface area contributed by atoms with E-state index >= 15 is 0 Å². The topological polar surface area (TPSA) is 89.5 Å². The molecule has 0 saturated heterocycles. The highest BCUT2D eigenvalue weighted by Crippen LogP contribution is 2.11. The highest BCUT2D eigenvalue weighted by molar-refractivity contribution is 7.95. The van der Waals surface area contributed by atoms with Crippen molar-refractivity contribution in [1.82, 2.24) is 14.4 Å². The van der Waals surface area contributed by atoms with Gasteiger partial charge in [-0.2, -0.15) is 0 Å². The lowest BCUT2D eigenvalue weighted by atomic mass is 10.2. The summed E-state index contributed by atoms with van der Waals surface area (Å²) < 4.78 is 39.9. The monoisotopic (exact) mass is 397 g/mol. The number of methoxy groups -OCH3 is 1. The Balaban J connectivity index is 1.62. The number of hydrogen-bond acceptors (Lipinski definition) is 6. The molecule has 0 radical (unpaired) electrons. The van der Waals surface area contributed by atoms with Crippen LogP contribution in [0.5, 0.6) is 5.75 Å². The number of rotatable bonds is 11. The molecule has 0 aliphatic rings. The fourth-order valence-corrected chi connectivity index (χ4v) is 3.31. The summed E-state index contributed by atoms with van der Waals surface area (Å²) in [6.07, 6.45) is 3.50. The van der Waals surface area contributed by atoms with Gasteiger partial charge in [0.2, 0.25) is 10.0 Å². The van der Waals surface area contributed by atoms with Crippen molar-refractivity contribution in [2.24, 2.45) is 0 Å². The second-order valence-electron chi connectivity index (χ2n) is 5.29. The van der Waals surface area contributed by atoms with E-state index in [4.69, 9.17) is 9.47 Å². The van der Waals surface area contributed by atoms with Gasteiger partial charge in [0.25, 0.3) is 0 Å². The van der Waals surface area contributed by atoms with Crippen LogP contribution in [0.15, 0.2) is 48.8 Å². The first-order chi connectivity index (χ1) is 12.6. The Morgan fingerprint density at radius 2 is 1.96 bits per heavy atom. The van der Waals surface area contributed by atoms with Crippen LogP contribution in [0.3, 0.4) is 0 Å². The minimum Gasteiger partial charge on any atom is -0.497 e. The number of nitrogens with one attached hydrogen (secondary N) is 2. The predicted octanol–water partition coefficient (Wildman–Crippen LogP) is 1.46. The largest absolute Gasteiger partial charge is 0.497 e. The molecule has 2 aromatic rings. The molecule has 0 fully saturated rings. The Morgan fingerprint density at radius 3 is 2.65 bits per heavy atom. The summed E-state index contributed by atoms with van der Waals surface area (Å²) in [5.74, 6) is 0.634. The Morgan fingerprint density at radius 1 is 1.15 bits per heavy atom. The molecule has 0 spiro atoms. The number of aromatic nitrogens is 1. The third-order valence-corrected chi connectivity index (χ3v) is 5.23. The maximum atomic E-state index is 11.9. The lowest BCUT2D eigenvalue weighted by Crippen LogP contribution is -2.27. The van der Waals surface area contributed by atoms with Crippen molar-refractivity contribution >= 4 is 27.1 Å². The van der Waals surface area contributed by atoms with Gasteiger partial charge in [-0.3, -0.25) is 9.71 Å². The van der Waals surface area contributed by atoms with Gasteiger partial charge in [0, 0.05) is 25.5 Å². The maximum absolute atomic E-state index is 11.9. The van der Waals surface area contributed by atoms with Gasteiger partial charge in [-0.05, 0) is 29.3 Å². The third kappa shape index (κ3) is 8.07. The highest BCUT2D eigenvalue weighted by atomic mass is 32.2. The normalized spacial score (nSPS) is 12.0. The van der Waals surface area contributed by atoms with E-state index in [1.54, 1.807) is 31.6 Å². The Hall–Kier alpha value is -1.78. The van der Waals surface area contributed by atoms with E-state index in [1.807, 2.05) is 24.3 Å². The van der Waals surface area contributed by atoms with E-state index in [2.05, 4.69) is 14.4 Å². The molecule has 0 atom stereocenters. The molecule has 9 heteroatoms. The number of benzene rings is 1. The number of pyridine rings is 1. The molecule has 0 bridgehead atoms. The van der Waals surface area contributed by atoms with Gasteiger partial charge in [-0.1, -0.05) is 18.2 Å². The molecule has 142 valence electrons. The third-order valence-electron chi connectivity index (χ3n) is 3.35. The van der Waals surface area contributed by atoms with Crippen LogP contribution in [0.25, 0.3) is 0 Å². The quantitative estimate of drug-likeness (QED) is 0.302. The van der Waals surface area contributed by atoms with Gasteiger partial charge in [0.15, 0.2) is 0 Å². The summed E-state index contributed by atoms with van der Waals surface area (Å²) in [7, 11) is -1.80. The first-order valence-electron chi connectivity index (χ1n) is 7.94. The summed E-state index contributed by atoms with van der Waals surface area (Å²) in [6, 6.07) is 11.1. The fraction of sp³-hybridized carbons (Fsp3) is 0.294. The van der Waals surface area contributed by atoms with Gasteiger partial charge < -0.3 is 9.47 Å². The van der Waals surface area contributed by atoms with Crippen molar-refractivity contribution in [2.75, 3.05) is 19.5 Å². The van der Waals surface area contributed by atoms with Crippen LogP contribution in [0, 0.1) is 0 Å². The highest BCUT2D eigenvalue weighted by Gasteiger charge is 2.09. The molecular formula is C17H23N3O4S2. The molecule has 7 nitrogen and oxygen atoms in total. The molecule has 0 aliphatic carbocycles. The number of sulfonamides is 1. The van der Waals surface area contributed by atoms with E-state index in [1.165, 1.54) is 5.55 Å². The van der Waals surface area contributed by atoms with Gasteiger partial charge in [0.05, 0.1) is 25.0 Å². The second kappa shape index (κ2) is 11.0. The van der Waals surface area contributed by atoms with E-state index in [0.29, 0.717) is 6.54 Å². The van der Waals surface area contributed by atoms with E-state index in [0.717, 1.165) is 28.4 Å². The molecule has 1 aromatic heterocycles. The zero-order valence-electron chi connectivity index (χ0n) is 14.5. The Labute approximate surface area is 157 Å². The van der Waals surface area contributed by atoms with Crippen LogP contribution in [-0.4, -0.2) is 38.4 Å². The minimum absolute atomic E-state index is 0.0967. The summed E-state index contributed by atoms with van der Waals surface area (Å²) in [4.78, 5) is 4.02. The fourth-order valence-electron chi connectivity index (χ4n) is 1.93. The lowest BCUT2D eigenvalue weighted by molar-refractivity contribution is 0.351. The van der Waals surface area contributed by atoms with Crippen LogP contribution < -0.4 is 14.2 Å². The molecule has 2 N–H and O–H groups in total. The van der Waals surface area contributed by atoms with Crippen LogP contribution >= 0.6 is 11.5 Å². The molecular weight excluding hydrogens is 374 g/mol. The first-order valence-corrected chi connectivity index (χ1v) is 10.6. The first kappa shape index (κ1) is 20.5. The molecule has 0 unspecified atom stereocenters. The van der Waals surface area contributed by atoms with E-state index < -0.39 is 10.0 Å². The maximum Gasteiger partial charge on any atom is 0.214 e. The number of thiol groups is 1. The van der Waals surface area contributed by atoms with Gasteiger partial charge >= 0.3 is 0 Å². The van der Waals surface area contributed by atoms with Crippen LogP contribution in [-0.2, 0) is 27.8 Å². The van der Waals surface area contributed by atoms with Gasteiger partial charge in [-0.25, -0.2) is 13.1 Å². The minimum atomic E-state index is -3.39. The summed E-state index contributed by atoms with van der Waals surface area (Å²) in [5, 5.41) is 0. The number of nitrogens with zero attached hydrogens (tertiary/aromatic N) is 1. The molecule has 2 rings (SSSR count). The summed E-state index contributed by atoms with van der Waals surface area (Å²) in [6.45, 7) is 0.997. The smallest absolute Gasteiger partial charge is 0.214 e. The Bertz CT molecular complexity index is 781. The molecule has 1 heterocycles. The van der Waals surface area contributed by atoms with E-state index in [9.17, 15) is 8.42 Å². The second-order valence-corrected chi connectivity index (χ2v) is 8.00. The SMILES string of the molecule is COc1ccc(CNS(=O)(=O)CCOC=[SH]NCc2cccnc2)cc1. The van der Waals surface area contributed by atoms with Crippen molar-refractivity contribution in [3.05, 3.63) is 59.9 Å². The average Bonchev–Trinajstić information content (AvgIpc) is 2.67. The number of ether oxygens (including phenoxy) is 2. The van der Waals surface area contributed by atoms with Crippen LogP contribution in [0.1, 0.15) is 11.1 Å². The standard InChI is InChI=1S/C17H23N3O4S2/c1-23-17-6-4-15(5-7-17)13-20-26(21,22)10-9-24-14-25-19-12-16-3-2-8-18-11-16/h2-8,11,14,19-20,25H,9-10,12-13H2,1H3. The number of hydrogen-bond donors (Lipinski definition) is 3. The zero-order chi connectivity index (χ0) is 18.7.